The van der Waals surface area contributed by atoms with Crippen LogP contribution in [0.1, 0.15) is 65.0 Å². The van der Waals surface area contributed by atoms with Crippen LogP contribution in [-0.4, -0.2) is 63.6 Å². The van der Waals surface area contributed by atoms with Crippen LogP contribution in [0.15, 0.2) is 47.5 Å². The van der Waals surface area contributed by atoms with Crippen LogP contribution in [0.3, 0.4) is 0 Å². The van der Waals surface area contributed by atoms with E-state index in [-0.39, 0.29) is 24.2 Å². The van der Waals surface area contributed by atoms with Gasteiger partial charge in [-0.3, -0.25) is 14.2 Å². The zero-order valence-corrected chi connectivity index (χ0v) is 22.3. The third-order valence-corrected chi connectivity index (χ3v) is 11.5. The second-order valence-electron chi connectivity index (χ2n) is 10.5. The molecule has 0 amide bonds. The number of methoxy groups -OCH3 is 1. The van der Waals surface area contributed by atoms with Gasteiger partial charge in [-0.25, -0.2) is 14.1 Å². The molecule has 35 heavy (non-hydrogen) atoms. The normalized spacial score (nSPS) is 28.8. The van der Waals surface area contributed by atoms with Gasteiger partial charge in [0.1, 0.15) is 0 Å². The first-order chi connectivity index (χ1) is 16.8. The molecule has 7 nitrogen and oxygen atoms in total. The lowest BCUT2D eigenvalue weighted by Gasteiger charge is -2.43. The maximum absolute atomic E-state index is 15.6. The molecule has 1 saturated heterocycles. The topological polar surface area (TPSA) is 65.5 Å². The molecule has 1 saturated carbocycles. The number of carbonyl (C=O) groups is 1. The molecule has 3 aliphatic rings. The number of esters is 1. The minimum atomic E-state index is -3.30. The van der Waals surface area contributed by atoms with Gasteiger partial charge in [0.15, 0.2) is 6.04 Å². The number of benzene rings is 2. The second-order valence-corrected chi connectivity index (χ2v) is 12.9. The average molecular weight is 497 g/mol. The molecule has 5 rings (SSSR count). The molecule has 0 aromatic heterocycles. The van der Waals surface area contributed by atoms with Crippen molar-refractivity contribution in [2.45, 2.75) is 89.6 Å². The van der Waals surface area contributed by atoms with Crippen molar-refractivity contribution in [3.05, 3.63) is 48.0 Å². The number of carbonyl (C=O) groups excluding carboxylic acids is 1. The Labute approximate surface area is 208 Å². The minimum absolute atomic E-state index is 0.0916. The van der Waals surface area contributed by atoms with Crippen LogP contribution in [0.25, 0.3) is 10.8 Å². The Kier molecular flexibility index (Phi) is 6.54. The SMILES string of the molecule is COC(=O)[C@@H]1N=CN(P2(=O)N(C(C)C)[C@@H]3CCCC[C@H]3N2C(C)C)[C@H]1c1cccc2ccccc12. The van der Waals surface area contributed by atoms with Crippen LogP contribution in [0, 0.1) is 0 Å². The van der Waals surface area contributed by atoms with E-state index in [0.717, 1.165) is 42.0 Å². The number of rotatable bonds is 5. The fourth-order valence-corrected chi connectivity index (χ4v) is 10.6. The number of hydrogen-bond acceptors (Lipinski definition) is 4. The summed E-state index contributed by atoms with van der Waals surface area (Å²) in [5.41, 5.74) is 0.952. The maximum atomic E-state index is 15.6. The Morgan fingerprint density at radius 1 is 0.971 bits per heavy atom. The highest BCUT2D eigenvalue weighted by Gasteiger charge is 2.62. The van der Waals surface area contributed by atoms with E-state index in [0.29, 0.717) is 0 Å². The molecule has 0 N–H and O–H groups in total. The lowest BCUT2D eigenvalue weighted by Crippen LogP contribution is -2.43. The number of hydrogen-bond donors (Lipinski definition) is 0. The van der Waals surface area contributed by atoms with Gasteiger partial charge >= 0.3 is 13.6 Å². The smallest absolute Gasteiger partial charge is 0.333 e. The van der Waals surface area contributed by atoms with Crippen molar-refractivity contribution < 1.29 is 14.1 Å². The summed E-state index contributed by atoms with van der Waals surface area (Å²) in [4.78, 5) is 17.6. The molecule has 0 unspecified atom stereocenters. The number of fused-ring (bicyclic) bond motifs is 2. The van der Waals surface area contributed by atoms with Gasteiger partial charge in [-0.1, -0.05) is 55.3 Å². The first kappa shape index (κ1) is 24.5. The van der Waals surface area contributed by atoms with Gasteiger partial charge in [0.25, 0.3) is 0 Å². The molecule has 0 bridgehead atoms. The standard InChI is InChI=1S/C27H37N4O3P/c1-18(2)30-23-15-8-9-16-24(23)31(19(3)4)35(30,33)29-17-28-25(27(32)34-5)26(29)22-14-10-12-20-11-6-7-13-21(20)22/h6-7,10-14,17-19,23-26H,8-9,15-16H2,1-5H3/t23-,24-,25-,26+/m1/s1. The summed E-state index contributed by atoms with van der Waals surface area (Å²) in [5.74, 6) is -0.405. The third kappa shape index (κ3) is 3.75. The molecule has 0 radical (unpaired) electrons. The van der Waals surface area contributed by atoms with E-state index in [4.69, 9.17) is 4.74 Å². The zero-order chi connectivity index (χ0) is 24.9. The van der Waals surface area contributed by atoms with Crippen molar-refractivity contribution in [1.29, 1.82) is 0 Å². The minimum Gasteiger partial charge on any atom is -0.467 e. The van der Waals surface area contributed by atoms with E-state index in [1.54, 1.807) is 6.34 Å². The Hall–Kier alpha value is -2.21. The third-order valence-electron chi connectivity index (χ3n) is 7.85. The summed E-state index contributed by atoms with van der Waals surface area (Å²) < 4.78 is 27.3. The monoisotopic (exact) mass is 496 g/mol. The molecule has 8 heteroatoms. The van der Waals surface area contributed by atoms with Crippen molar-refractivity contribution >= 4 is 30.7 Å². The first-order valence-electron chi connectivity index (χ1n) is 12.9. The van der Waals surface area contributed by atoms with Crippen molar-refractivity contribution in [2.75, 3.05) is 7.11 Å². The van der Waals surface area contributed by atoms with E-state index in [2.05, 4.69) is 60.2 Å². The summed E-state index contributed by atoms with van der Waals surface area (Å²) in [7, 11) is -1.90. The van der Waals surface area contributed by atoms with Gasteiger partial charge in [0, 0.05) is 24.2 Å². The van der Waals surface area contributed by atoms with Crippen molar-refractivity contribution in [2.24, 2.45) is 4.99 Å². The van der Waals surface area contributed by atoms with E-state index in [9.17, 15) is 4.79 Å². The highest BCUT2D eigenvalue weighted by atomic mass is 31.2. The van der Waals surface area contributed by atoms with Crippen molar-refractivity contribution in [3.8, 4) is 0 Å². The summed E-state index contributed by atoms with van der Waals surface area (Å²) >= 11 is 0. The highest BCUT2D eigenvalue weighted by molar-refractivity contribution is 7.57. The summed E-state index contributed by atoms with van der Waals surface area (Å²) in [6, 6.07) is 13.6. The summed E-state index contributed by atoms with van der Waals surface area (Å²) in [6.07, 6.45) is 6.07. The van der Waals surface area contributed by atoms with Gasteiger partial charge in [-0.2, -0.15) is 0 Å². The lowest BCUT2D eigenvalue weighted by atomic mass is 9.89. The lowest BCUT2D eigenvalue weighted by molar-refractivity contribution is -0.142. The zero-order valence-electron chi connectivity index (χ0n) is 21.4. The maximum Gasteiger partial charge on any atom is 0.333 e. The van der Waals surface area contributed by atoms with Gasteiger partial charge in [0.05, 0.1) is 19.5 Å². The predicted octanol–water partition coefficient (Wildman–Crippen LogP) is 5.62. The van der Waals surface area contributed by atoms with Gasteiger partial charge in [-0.05, 0) is 56.9 Å². The van der Waals surface area contributed by atoms with Crippen LogP contribution in [0.4, 0.5) is 0 Å². The van der Waals surface area contributed by atoms with E-state index in [1.807, 2.05) is 28.9 Å². The Morgan fingerprint density at radius 3 is 2.17 bits per heavy atom. The molecule has 0 spiro atoms. The fourth-order valence-electron chi connectivity index (χ4n) is 6.62. The molecule has 2 aromatic rings. The van der Waals surface area contributed by atoms with Crippen molar-refractivity contribution in [1.82, 2.24) is 14.0 Å². The molecular formula is C27H37N4O3P. The van der Waals surface area contributed by atoms with E-state index in [1.165, 1.54) is 7.11 Å². The van der Waals surface area contributed by atoms with Crippen LogP contribution in [0.2, 0.25) is 0 Å². The van der Waals surface area contributed by atoms with Gasteiger partial charge < -0.3 is 4.74 Å². The molecule has 188 valence electrons. The van der Waals surface area contributed by atoms with Gasteiger partial charge in [0.2, 0.25) is 0 Å². The molecular weight excluding hydrogens is 459 g/mol. The van der Waals surface area contributed by atoms with Crippen LogP contribution in [0.5, 0.6) is 0 Å². The quantitative estimate of drug-likeness (QED) is 0.395. The second kappa shape index (κ2) is 9.34. The van der Waals surface area contributed by atoms with Crippen LogP contribution >= 0.6 is 7.59 Å². The molecule has 4 atom stereocenters. The Bertz CT molecular complexity index is 1150. The fraction of sp³-hybridized carbons (Fsp3) is 0.556. The van der Waals surface area contributed by atoms with Crippen LogP contribution in [-0.2, 0) is 14.1 Å². The number of ether oxygens (including phenoxy) is 1. The Morgan fingerprint density at radius 2 is 1.57 bits per heavy atom. The van der Waals surface area contributed by atoms with E-state index >= 15 is 4.57 Å². The molecule has 2 aliphatic heterocycles. The largest absolute Gasteiger partial charge is 0.467 e. The number of aliphatic imine (C=N–C) groups is 1. The predicted molar refractivity (Wildman–Crippen MR) is 140 cm³/mol. The average Bonchev–Trinajstić information content (AvgIpc) is 3.40. The van der Waals surface area contributed by atoms with Crippen molar-refractivity contribution in [3.63, 3.8) is 0 Å². The Balaban J connectivity index is 1.71. The molecule has 1 aliphatic carbocycles. The highest BCUT2D eigenvalue weighted by Crippen LogP contribution is 2.70. The summed E-state index contributed by atoms with van der Waals surface area (Å²) in [5, 5.41) is 2.13. The van der Waals surface area contributed by atoms with E-state index < -0.39 is 25.6 Å². The first-order valence-corrected chi connectivity index (χ1v) is 14.4. The van der Waals surface area contributed by atoms with Gasteiger partial charge in [-0.15, -0.1) is 0 Å². The molecule has 2 aromatic carbocycles. The summed E-state index contributed by atoms with van der Waals surface area (Å²) in [6.45, 7) is 8.56. The number of nitrogens with zero attached hydrogens (tertiary/aromatic N) is 4. The van der Waals surface area contributed by atoms with Crippen LogP contribution < -0.4 is 0 Å². The molecule has 2 fully saturated rings. The molecule has 2 heterocycles.